The monoisotopic (exact) mass is 363 g/mol. The molecule has 0 heterocycles. The summed E-state index contributed by atoms with van der Waals surface area (Å²) in [5.74, 6) is -1.97. The van der Waals surface area contributed by atoms with E-state index in [1.807, 2.05) is 0 Å². The molecule has 0 aromatic heterocycles. The van der Waals surface area contributed by atoms with Crippen LogP contribution in [-0.2, 0) is 6.18 Å². The Morgan fingerprint density at radius 3 is 2.12 bits per heavy atom. The van der Waals surface area contributed by atoms with E-state index in [0.717, 1.165) is 12.1 Å². The molecule has 24 heavy (non-hydrogen) atoms. The number of alkyl halides is 3. The smallest absolute Gasteiger partial charge is 0.545 e. The third-order valence-corrected chi connectivity index (χ3v) is 3.33. The third-order valence-electron chi connectivity index (χ3n) is 3.33. The average molecular weight is 363 g/mol. The normalized spacial score (nSPS) is 10.8. The van der Waals surface area contributed by atoms with E-state index < -0.39 is 23.5 Å². The van der Waals surface area contributed by atoms with Crippen LogP contribution in [0.1, 0.15) is 22.8 Å². The van der Waals surface area contributed by atoms with Gasteiger partial charge in [-0.3, -0.25) is 0 Å². The number of nitrogens with zero attached hydrogens (tertiary/aromatic N) is 1. The van der Waals surface area contributed by atoms with Gasteiger partial charge in [-0.2, -0.15) is 13.2 Å². The summed E-state index contributed by atoms with van der Waals surface area (Å²) in [6.07, 6.45) is -4.42. The third kappa shape index (κ3) is 4.73. The Hall–Kier alpha value is -1.06. The van der Waals surface area contributed by atoms with E-state index >= 15 is 0 Å². The van der Waals surface area contributed by atoms with Crippen LogP contribution in [0.3, 0.4) is 0 Å². The summed E-state index contributed by atoms with van der Waals surface area (Å²) in [5, 5.41) is 20.5. The van der Waals surface area contributed by atoms with E-state index in [4.69, 9.17) is 0 Å². The zero-order chi connectivity index (χ0) is 17.2. The fourth-order valence-electron chi connectivity index (χ4n) is 2.20. The number of hydrogen-bond donors (Lipinski definition) is 1. The van der Waals surface area contributed by atoms with Crippen LogP contribution >= 0.6 is 0 Å². The molecule has 0 aliphatic rings. The molecule has 0 saturated heterocycles. The Bertz CT molecular complexity index is 717. The van der Waals surface area contributed by atoms with E-state index in [1.165, 1.54) is 30.3 Å². The van der Waals surface area contributed by atoms with Crippen LogP contribution in [-0.4, -0.2) is 17.6 Å². The van der Waals surface area contributed by atoms with E-state index in [0.29, 0.717) is 17.9 Å². The van der Waals surface area contributed by atoms with E-state index in [1.54, 1.807) is 11.8 Å². The molecule has 122 valence electrons. The molecule has 1 N–H and O–H groups in total. The van der Waals surface area contributed by atoms with Gasteiger partial charge in [-0.25, -0.2) is 0 Å². The van der Waals surface area contributed by atoms with Crippen LogP contribution in [0, 0.1) is 0 Å². The number of carbonyl (C=O) groups is 1. The summed E-state index contributed by atoms with van der Waals surface area (Å²) in [5.41, 5.74) is -0.258. The molecule has 0 saturated carbocycles. The summed E-state index contributed by atoms with van der Waals surface area (Å²) in [4.78, 5) is 12.6. The van der Waals surface area contributed by atoms with Crippen molar-refractivity contribution in [1.82, 2.24) is 0 Å². The van der Waals surface area contributed by atoms with Crippen LogP contribution in [0.2, 0.25) is 0 Å². The molecule has 0 fully saturated rings. The largest absolute Gasteiger partial charge is 1.00 e. The Kier molecular flexibility index (Phi) is 7.30. The van der Waals surface area contributed by atoms with Crippen molar-refractivity contribution in [2.24, 2.45) is 0 Å². The molecule has 2 rings (SSSR count). The number of halogens is 3. The zero-order valence-corrected chi connectivity index (χ0v) is 16.2. The minimum atomic E-state index is -4.42. The first kappa shape index (κ1) is 21.0. The SMILES string of the molecule is CCN(c1ccc(C(F)(F)F)cc1)c1ccc(O)c(C(=O)[O-])c1.[K+]. The van der Waals surface area contributed by atoms with Crippen LogP contribution in [0.15, 0.2) is 42.5 Å². The number of rotatable bonds is 4. The standard InChI is InChI=1S/C16H14F3NO3.K/c1-2-20(11-5-3-10(4-6-11)16(17,18)19)12-7-8-14(21)13(9-12)15(22)23;/h3-9,21H,2H2,1H3,(H,22,23);/q;+1/p-1. The second-order valence-corrected chi connectivity index (χ2v) is 4.78. The number of phenols is 1. The summed E-state index contributed by atoms with van der Waals surface area (Å²) in [7, 11) is 0. The van der Waals surface area contributed by atoms with Gasteiger partial charge in [-0.15, -0.1) is 0 Å². The molecule has 0 aliphatic carbocycles. The molecule has 0 aliphatic heterocycles. The topological polar surface area (TPSA) is 63.6 Å². The molecule has 4 nitrogen and oxygen atoms in total. The van der Waals surface area contributed by atoms with Crippen LogP contribution in [0.4, 0.5) is 24.5 Å². The van der Waals surface area contributed by atoms with Crippen molar-refractivity contribution >= 4 is 17.3 Å². The van der Waals surface area contributed by atoms with E-state index in [-0.39, 0.29) is 56.9 Å². The quantitative estimate of drug-likeness (QED) is 0.773. The summed E-state index contributed by atoms with van der Waals surface area (Å²) < 4.78 is 37.8. The predicted octanol–water partition coefficient (Wildman–Crippen LogP) is -0.0635. The van der Waals surface area contributed by atoms with E-state index in [9.17, 15) is 28.2 Å². The molecule has 0 atom stereocenters. The Morgan fingerprint density at radius 1 is 1.12 bits per heavy atom. The first-order chi connectivity index (χ1) is 10.7. The molecule has 0 spiro atoms. The van der Waals surface area contributed by atoms with Crippen molar-refractivity contribution in [2.75, 3.05) is 11.4 Å². The minimum Gasteiger partial charge on any atom is -0.545 e. The van der Waals surface area contributed by atoms with Gasteiger partial charge in [0.15, 0.2) is 0 Å². The molecule has 2 aromatic rings. The second-order valence-electron chi connectivity index (χ2n) is 4.78. The van der Waals surface area contributed by atoms with Gasteiger partial charge in [0.2, 0.25) is 0 Å². The number of aromatic hydroxyl groups is 1. The predicted molar refractivity (Wildman–Crippen MR) is 76.6 cm³/mol. The maximum atomic E-state index is 12.6. The molecule has 2 aromatic carbocycles. The number of aromatic carboxylic acids is 1. The number of anilines is 2. The number of carboxylic acids is 1. The van der Waals surface area contributed by atoms with Crippen molar-refractivity contribution in [3.05, 3.63) is 53.6 Å². The molecule has 0 bridgehead atoms. The van der Waals surface area contributed by atoms with Crippen LogP contribution < -0.4 is 61.4 Å². The fraction of sp³-hybridized carbons (Fsp3) is 0.188. The number of benzene rings is 2. The molecular formula is C16H13F3KNO3. The van der Waals surface area contributed by atoms with Gasteiger partial charge in [0.05, 0.1) is 11.5 Å². The number of carbonyl (C=O) groups excluding carboxylic acids is 1. The van der Waals surface area contributed by atoms with Gasteiger partial charge in [0.1, 0.15) is 5.75 Å². The summed E-state index contributed by atoms with van der Waals surface area (Å²) >= 11 is 0. The van der Waals surface area contributed by atoms with E-state index in [2.05, 4.69) is 0 Å². The zero-order valence-electron chi connectivity index (χ0n) is 13.1. The molecular weight excluding hydrogens is 350 g/mol. The Labute approximate surface area is 179 Å². The number of hydrogen-bond acceptors (Lipinski definition) is 4. The van der Waals surface area contributed by atoms with Gasteiger partial charge in [0, 0.05) is 23.5 Å². The van der Waals surface area contributed by atoms with Gasteiger partial charge in [-0.1, -0.05) is 0 Å². The summed E-state index contributed by atoms with van der Waals surface area (Å²) in [6, 6.07) is 8.41. The van der Waals surface area contributed by atoms with Crippen molar-refractivity contribution in [2.45, 2.75) is 13.1 Å². The second kappa shape index (κ2) is 8.35. The molecule has 0 amide bonds. The van der Waals surface area contributed by atoms with Gasteiger partial charge < -0.3 is 19.9 Å². The Morgan fingerprint density at radius 2 is 1.67 bits per heavy atom. The molecule has 8 heteroatoms. The van der Waals surface area contributed by atoms with Gasteiger partial charge in [-0.05, 0) is 49.4 Å². The van der Waals surface area contributed by atoms with Crippen molar-refractivity contribution in [1.29, 1.82) is 0 Å². The maximum absolute atomic E-state index is 12.6. The minimum absolute atomic E-state index is 0. The van der Waals surface area contributed by atoms with Crippen LogP contribution in [0.25, 0.3) is 0 Å². The molecule has 0 unspecified atom stereocenters. The molecule has 0 radical (unpaired) electrons. The maximum Gasteiger partial charge on any atom is 1.00 e. The Balaban J connectivity index is 0.00000288. The summed E-state index contributed by atoms with van der Waals surface area (Å²) in [6.45, 7) is 2.16. The van der Waals surface area contributed by atoms with Crippen molar-refractivity contribution in [3.63, 3.8) is 0 Å². The van der Waals surface area contributed by atoms with Crippen molar-refractivity contribution in [3.8, 4) is 5.75 Å². The first-order valence-electron chi connectivity index (χ1n) is 6.73. The van der Waals surface area contributed by atoms with Crippen molar-refractivity contribution < 1.29 is 79.6 Å². The fourth-order valence-corrected chi connectivity index (χ4v) is 2.20. The average Bonchev–Trinajstić information content (AvgIpc) is 2.49. The first-order valence-corrected chi connectivity index (χ1v) is 6.73. The van der Waals surface area contributed by atoms with Crippen LogP contribution in [0.5, 0.6) is 5.75 Å². The number of carboxylic acid groups (broad SMARTS) is 1. The van der Waals surface area contributed by atoms with Gasteiger partial charge in [0.25, 0.3) is 0 Å². The van der Waals surface area contributed by atoms with Gasteiger partial charge >= 0.3 is 57.6 Å².